The molecule has 4 atom stereocenters. The molecule has 8 nitrogen and oxygen atoms in total. The van der Waals surface area contributed by atoms with Crippen molar-refractivity contribution >= 4 is 0 Å². The molecule has 0 radical (unpaired) electrons. The van der Waals surface area contributed by atoms with Crippen LogP contribution in [0.15, 0.2) is 15.7 Å². The molecule has 1 fully saturated rings. The largest absolute Gasteiger partial charge is 0.394 e. The van der Waals surface area contributed by atoms with Crippen molar-refractivity contribution in [2.75, 3.05) is 6.61 Å². The van der Waals surface area contributed by atoms with Crippen molar-refractivity contribution in [2.24, 2.45) is 0 Å². The van der Waals surface area contributed by atoms with Crippen LogP contribution in [0, 0.1) is 0 Å². The van der Waals surface area contributed by atoms with Crippen LogP contribution in [-0.4, -0.2) is 49.3 Å². The smallest absolute Gasteiger partial charge is 0.330 e. The minimum Gasteiger partial charge on any atom is -0.394 e. The van der Waals surface area contributed by atoms with E-state index >= 15 is 0 Å². The monoisotopic (exact) mass is 256 g/mol. The standard InChI is InChI=1S/C10H12N2O6/c13-3-5-10(17)2-4-1-6(14)11-9(16)12(4)8(18-5)7(10)15/h1,5,7-8,13,15,17H,2-3H2,(H,11,14,16)/t5-,7+,8-,10-/m1/s1. The maximum Gasteiger partial charge on any atom is 0.330 e. The van der Waals surface area contributed by atoms with Gasteiger partial charge in [0.25, 0.3) is 5.56 Å². The number of hydrogen-bond acceptors (Lipinski definition) is 6. The van der Waals surface area contributed by atoms with Gasteiger partial charge in [0.1, 0.15) is 17.8 Å². The van der Waals surface area contributed by atoms with E-state index in [2.05, 4.69) is 4.98 Å². The Morgan fingerprint density at radius 1 is 1.56 bits per heavy atom. The van der Waals surface area contributed by atoms with E-state index < -0.39 is 41.9 Å². The lowest BCUT2D eigenvalue weighted by atomic mass is 9.85. The molecule has 0 spiro atoms. The van der Waals surface area contributed by atoms with Gasteiger partial charge in [-0.05, 0) is 0 Å². The van der Waals surface area contributed by atoms with Gasteiger partial charge < -0.3 is 20.1 Å². The molecule has 2 aliphatic rings. The van der Waals surface area contributed by atoms with Gasteiger partial charge in [-0.25, -0.2) is 4.79 Å². The molecule has 98 valence electrons. The van der Waals surface area contributed by atoms with E-state index in [1.54, 1.807) is 0 Å². The van der Waals surface area contributed by atoms with Gasteiger partial charge in [0.05, 0.1) is 6.61 Å². The molecular weight excluding hydrogens is 244 g/mol. The highest BCUT2D eigenvalue weighted by atomic mass is 16.6. The number of rotatable bonds is 1. The quantitative estimate of drug-likeness (QED) is 0.426. The average molecular weight is 256 g/mol. The molecule has 0 unspecified atom stereocenters. The lowest BCUT2D eigenvalue weighted by Crippen LogP contribution is -2.55. The first-order valence-electron chi connectivity index (χ1n) is 5.49. The molecule has 2 aliphatic heterocycles. The van der Waals surface area contributed by atoms with Gasteiger partial charge >= 0.3 is 5.69 Å². The third-order valence-electron chi connectivity index (χ3n) is 3.58. The number of aromatic amines is 1. The van der Waals surface area contributed by atoms with Gasteiger partial charge in [0.15, 0.2) is 6.23 Å². The molecular formula is C10H12N2O6. The summed E-state index contributed by atoms with van der Waals surface area (Å²) in [5.41, 5.74) is -2.69. The molecule has 1 saturated heterocycles. The molecule has 1 aromatic heterocycles. The summed E-state index contributed by atoms with van der Waals surface area (Å²) in [6.45, 7) is -0.485. The summed E-state index contributed by atoms with van der Waals surface area (Å²) in [6, 6.07) is 1.17. The Hall–Kier alpha value is -1.48. The molecule has 2 bridgehead atoms. The van der Waals surface area contributed by atoms with E-state index in [1.807, 2.05) is 0 Å². The molecule has 0 aromatic carbocycles. The summed E-state index contributed by atoms with van der Waals surface area (Å²) in [5, 5.41) is 29.4. The number of aliphatic hydroxyl groups is 3. The summed E-state index contributed by atoms with van der Waals surface area (Å²) >= 11 is 0. The fourth-order valence-corrected chi connectivity index (χ4v) is 2.68. The number of aliphatic hydroxyl groups excluding tert-OH is 2. The van der Waals surface area contributed by atoms with Crippen molar-refractivity contribution in [1.82, 2.24) is 9.55 Å². The van der Waals surface area contributed by atoms with Gasteiger partial charge in [0, 0.05) is 18.2 Å². The van der Waals surface area contributed by atoms with Crippen molar-refractivity contribution in [2.45, 2.75) is 30.5 Å². The summed E-state index contributed by atoms with van der Waals surface area (Å²) in [7, 11) is 0. The van der Waals surface area contributed by atoms with Crippen LogP contribution in [-0.2, 0) is 11.2 Å². The van der Waals surface area contributed by atoms with Gasteiger partial charge in [-0.1, -0.05) is 0 Å². The minimum absolute atomic E-state index is 0.130. The Balaban J connectivity index is 2.22. The molecule has 8 heteroatoms. The first-order chi connectivity index (χ1) is 8.47. The van der Waals surface area contributed by atoms with E-state index in [9.17, 15) is 19.8 Å². The molecule has 0 saturated carbocycles. The lowest BCUT2D eigenvalue weighted by molar-refractivity contribution is -0.0929. The second-order valence-corrected chi connectivity index (χ2v) is 4.61. The number of ether oxygens (including phenoxy) is 1. The number of hydrogen-bond donors (Lipinski definition) is 4. The van der Waals surface area contributed by atoms with Gasteiger partial charge in [-0.2, -0.15) is 0 Å². The van der Waals surface area contributed by atoms with E-state index in [1.165, 1.54) is 6.07 Å². The maximum atomic E-state index is 11.7. The third-order valence-corrected chi connectivity index (χ3v) is 3.58. The summed E-state index contributed by atoms with van der Waals surface area (Å²) in [4.78, 5) is 25.0. The fraction of sp³-hybridized carbons (Fsp3) is 0.600. The van der Waals surface area contributed by atoms with Crippen molar-refractivity contribution in [1.29, 1.82) is 0 Å². The Kier molecular flexibility index (Phi) is 2.26. The van der Waals surface area contributed by atoms with E-state index in [0.29, 0.717) is 0 Å². The highest BCUT2D eigenvalue weighted by Crippen LogP contribution is 2.42. The molecule has 0 aliphatic carbocycles. The van der Waals surface area contributed by atoms with E-state index in [0.717, 1.165) is 4.57 Å². The topological polar surface area (TPSA) is 125 Å². The summed E-state index contributed by atoms with van der Waals surface area (Å²) < 4.78 is 6.38. The highest BCUT2D eigenvalue weighted by Gasteiger charge is 2.59. The fourth-order valence-electron chi connectivity index (χ4n) is 2.68. The van der Waals surface area contributed by atoms with Crippen LogP contribution in [0.2, 0.25) is 0 Å². The van der Waals surface area contributed by atoms with Crippen LogP contribution >= 0.6 is 0 Å². The Morgan fingerprint density at radius 2 is 2.28 bits per heavy atom. The average Bonchev–Trinajstić information content (AvgIpc) is 2.45. The van der Waals surface area contributed by atoms with Crippen molar-refractivity contribution in [3.63, 3.8) is 0 Å². The number of aromatic nitrogens is 2. The second kappa shape index (κ2) is 3.51. The van der Waals surface area contributed by atoms with E-state index in [-0.39, 0.29) is 12.1 Å². The minimum atomic E-state index is -1.68. The van der Waals surface area contributed by atoms with Crippen LogP contribution in [0.1, 0.15) is 11.9 Å². The van der Waals surface area contributed by atoms with Crippen LogP contribution in [0.3, 0.4) is 0 Å². The van der Waals surface area contributed by atoms with E-state index in [4.69, 9.17) is 9.84 Å². The molecule has 18 heavy (non-hydrogen) atoms. The van der Waals surface area contributed by atoms with Gasteiger partial charge in [0.2, 0.25) is 0 Å². The zero-order valence-corrected chi connectivity index (χ0v) is 9.24. The van der Waals surface area contributed by atoms with Crippen LogP contribution in [0.5, 0.6) is 0 Å². The molecule has 1 aromatic rings. The number of H-pyrrole nitrogens is 1. The first kappa shape index (κ1) is 11.6. The number of nitrogens with zero attached hydrogens (tertiary/aromatic N) is 1. The lowest BCUT2D eigenvalue weighted by Gasteiger charge is -2.34. The molecule has 4 N–H and O–H groups in total. The predicted molar refractivity (Wildman–Crippen MR) is 57.0 cm³/mol. The van der Waals surface area contributed by atoms with Gasteiger partial charge in [-0.15, -0.1) is 0 Å². The molecule has 3 rings (SSSR count). The zero-order valence-electron chi connectivity index (χ0n) is 9.24. The molecule has 0 amide bonds. The molecule has 3 heterocycles. The number of fused-ring (bicyclic) bond motifs is 4. The number of nitrogens with one attached hydrogen (secondary N) is 1. The zero-order chi connectivity index (χ0) is 13.1. The van der Waals surface area contributed by atoms with Crippen LogP contribution in [0.25, 0.3) is 0 Å². The highest BCUT2D eigenvalue weighted by molar-refractivity contribution is 5.18. The first-order valence-corrected chi connectivity index (χ1v) is 5.49. The summed E-state index contributed by atoms with van der Waals surface area (Å²) in [5.74, 6) is 0. The Bertz CT molecular complexity index is 607. The van der Waals surface area contributed by atoms with Crippen LogP contribution < -0.4 is 11.2 Å². The Labute approximate surface area is 100 Å². The summed E-state index contributed by atoms with van der Waals surface area (Å²) in [6.07, 6.45) is -3.55. The maximum absolute atomic E-state index is 11.7. The SMILES string of the molecule is O=c1cc2n(c(=O)[nH]1)[C@@H]1O[C@H](CO)[C@](O)(C2)[C@H]1O. The predicted octanol–water partition coefficient (Wildman–Crippen LogP) is -2.93. The van der Waals surface area contributed by atoms with Crippen molar-refractivity contribution in [3.05, 3.63) is 32.6 Å². The second-order valence-electron chi connectivity index (χ2n) is 4.61. The third kappa shape index (κ3) is 1.28. The van der Waals surface area contributed by atoms with Crippen LogP contribution in [0.4, 0.5) is 0 Å². The normalized spacial score (nSPS) is 37.6. The van der Waals surface area contributed by atoms with Crippen molar-refractivity contribution in [3.8, 4) is 0 Å². The Morgan fingerprint density at radius 3 is 2.94 bits per heavy atom. The van der Waals surface area contributed by atoms with Gasteiger partial charge in [-0.3, -0.25) is 14.3 Å². The van der Waals surface area contributed by atoms with Crippen molar-refractivity contribution < 1.29 is 20.1 Å².